The van der Waals surface area contributed by atoms with Crippen LogP contribution in [0.15, 0.2) is 60.7 Å². The Hall–Kier alpha value is -4.72. The van der Waals surface area contributed by atoms with Crippen LogP contribution in [-0.4, -0.2) is 49.0 Å². The third-order valence-corrected chi connectivity index (χ3v) is 6.30. The van der Waals surface area contributed by atoms with Crippen LogP contribution in [0, 0.1) is 17.1 Å². The number of alkyl halides is 2. The van der Waals surface area contributed by atoms with E-state index in [0.717, 1.165) is 11.6 Å². The summed E-state index contributed by atoms with van der Waals surface area (Å²) < 4.78 is 45.6. The highest BCUT2D eigenvalue weighted by molar-refractivity contribution is 5.89. The van der Waals surface area contributed by atoms with Crippen molar-refractivity contribution in [1.82, 2.24) is 9.80 Å². The molecule has 39 heavy (non-hydrogen) atoms. The van der Waals surface area contributed by atoms with Gasteiger partial charge in [-0.15, -0.1) is 0 Å². The second-order valence-electron chi connectivity index (χ2n) is 9.13. The Kier molecular flexibility index (Phi) is 8.24. The molecule has 0 fully saturated rings. The van der Waals surface area contributed by atoms with Gasteiger partial charge in [0.05, 0.1) is 11.6 Å². The van der Waals surface area contributed by atoms with Gasteiger partial charge in [0.1, 0.15) is 6.04 Å². The topological polar surface area (TPSA) is 97.7 Å². The van der Waals surface area contributed by atoms with E-state index in [0.29, 0.717) is 29.8 Å². The first-order valence-electron chi connectivity index (χ1n) is 12.0. The molecule has 0 saturated heterocycles. The highest BCUT2D eigenvalue weighted by atomic mass is 19.3. The number of hydrogen-bond donors (Lipinski definition) is 2. The largest absolute Gasteiger partial charge is 0.431 e. The molecule has 1 aliphatic rings. The summed E-state index contributed by atoms with van der Waals surface area (Å²) in [6.07, 6.45) is 0.478. The van der Waals surface area contributed by atoms with Gasteiger partial charge in [-0.3, -0.25) is 4.79 Å². The zero-order chi connectivity index (χ0) is 28.1. The molecule has 1 aliphatic heterocycles. The molecule has 3 aromatic carbocycles. The Balaban J connectivity index is 1.78. The Labute approximate surface area is 223 Å². The normalized spacial score (nSPS) is 16.2. The summed E-state index contributed by atoms with van der Waals surface area (Å²) in [5.41, 5.74) is 2.51. The van der Waals surface area contributed by atoms with Crippen LogP contribution in [0.2, 0.25) is 0 Å². The summed E-state index contributed by atoms with van der Waals surface area (Å²) in [7, 11) is 3.04. The van der Waals surface area contributed by atoms with E-state index >= 15 is 0 Å². The third-order valence-electron chi connectivity index (χ3n) is 6.30. The highest BCUT2D eigenvalue weighted by Gasteiger charge is 2.27. The zero-order valence-corrected chi connectivity index (χ0v) is 21.2. The first-order chi connectivity index (χ1) is 18.6. The Morgan fingerprint density at radius 1 is 1.08 bits per heavy atom. The summed E-state index contributed by atoms with van der Waals surface area (Å²) in [4.78, 5) is 29.2. The van der Waals surface area contributed by atoms with E-state index in [2.05, 4.69) is 15.4 Å². The number of fused-ring (bicyclic) bond motifs is 4. The van der Waals surface area contributed by atoms with Crippen molar-refractivity contribution in [2.45, 2.75) is 25.6 Å². The SMILES string of the molecule is CN1CCc2cccc(c2)[C@@H](Nc2ccc(C#N)cc2)C(=O)N(C)Cc2cc(cc(F)c2OC(F)F)NC1=O. The lowest BCUT2D eigenvalue weighted by molar-refractivity contribution is -0.131. The third kappa shape index (κ3) is 6.59. The maximum Gasteiger partial charge on any atom is 0.387 e. The Bertz CT molecular complexity index is 1410. The fourth-order valence-electron chi connectivity index (χ4n) is 4.26. The van der Waals surface area contributed by atoms with Crippen molar-refractivity contribution in [3.05, 3.63) is 88.7 Å². The van der Waals surface area contributed by atoms with Crippen molar-refractivity contribution in [1.29, 1.82) is 5.26 Å². The van der Waals surface area contributed by atoms with Gasteiger partial charge >= 0.3 is 12.6 Å². The van der Waals surface area contributed by atoms with Crippen LogP contribution in [0.3, 0.4) is 0 Å². The number of halogens is 3. The number of carbonyl (C=O) groups excluding carboxylic acids is 2. The summed E-state index contributed by atoms with van der Waals surface area (Å²) in [5, 5.41) is 14.9. The van der Waals surface area contributed by atoms with Gasteiger partial charge in [-0.1, -0.05) is 24.3 Å². The van der Waals surface area contributed by atoms with E-state index in [9.17, 15) is 22.8 Å². The molecule has 0 aliphatic carbocycles. The number of urea groups is 1. The molecule has 1 atom stereocenters. The summed E-state index contributed by atoms with van der Waals surface area (Å²) in [6.45, 7) is -3.27. The van der Waals surface area contributed by atoms with Crippen LogP contribution in [0.5, 0.6) is 5.75 Å². The van der Waals surface area contributed by atoms with Gasteiger partial charge in [0.25, 0.3) is 0 Å². The molecule has 2 N–H and O–H groups in total. The van der Waals surface area contributed by atoms with Crippen molar-refractivity contribution >= 4 is 23.3 Å². The second-order valence-corrected chi connectivity index (χ2v) is 9.13. The number of carbonyl (C=O) groups is 2. The number of amides is 3. The monoisotopic (exact) mass is 537 g/mol. The first kappa shape index (κ1) is 27.3. The van der Waals surface area contributed by atoms with Crippen molar-refractivity contribution < 1.29 is 27.5 Å². The standard InChI is InChI=1S/C28H26F3N5O3/c1-35-11-10-17-4-3-5-19(12-17)24(33-21-8-6-18(15-32)7-9-21)26(37)36(2)16-20-13-22(34-28(35)38)14-23(29)25(20)39-27(30)31/h3-9,12-14,24,27,33H,10-11,16H2,1-2H3,(H,34,38)/t24-/m1/s1. The molecule has 0 aromatic heterocycles. The van der Waals surface area contributed by atoms with Gasteiger partial charge in [0, 0.05) is 50.2 Å². The molecular weight excluding hydrogens is 511 g/mol. The molecule has 202 valence electrons. The quantitative estimate of drug-likeness (QED) is 0.481. The molecule has 4 bridgehead atoms. The van der Waals surface area contributed by atoms with Crippen LogP contribution in [-0.2, 0) is 17.8 Å². The van der Waals surface area contributed by atoms with Gasteiger partial charge in [-0.05, 0) is 47.9 Å². The molecule has 0 unspecified atom stereocenters. The van der Waals surface area contributed by atoms with E-state index in [-0.39, 0.29) is 17.8 Å². The van der Waals surface area contributed by atoms with Crippen LogP contribution in [0.1, 0.15) is 28.3 Å². The molecular formula is C28H26F3N5O3. The lowest BCUT2D eigenvalue weighted by Gasteiger charge is -2.27. The Morgan fingerprint density at radius 3 is 2.51 bits per heavy atom. The number of hydrogen-bond acceptors (Lipinski definition) is 5. The fourth-order valence-corrected chi connectivity index (χ4v) is 4.26. The predicted molar refractivity (Wildman–Crippen MR) is 139 cm³/mol. The number of nitrogens with zero attached hydrogens (tertiary/aromatic N) is 3. The molecule has 8 nitrogen and oxygen atoms in total. The van der Waals surface area contributed by atoms with E-state index in [4.69, 9.17) is 5.26 Å². The minimum Gasteiger partial charge on any atom is -0.431 e. The van der Waals surface area contributed by atoms with Gasteiger partial charge in [0.2, 0.25) is 5.91 Å². The minimum atomic E-state index is -3.30. The Morgan fingerprint density at radius 2 is 1.82 bits per heavy atom. The van der Waals surface area contributed by atoms with Crippen molar-refractivity contribution in [3.63, 3.8) is 0 Å². The van der Waals surface area contributed by atoms with Crippen molar-refractivity contribution in [2.24, 2.45) is 0 Å². The average Bonchev–Trinajstić information content (AvgIpc) is 2.91. The summed E-state index contributed by atoms with van der Waals surface area (Å²) >= 11 is 0. The van der Waals surface area contributed by atoms with Gasteiger partial charge < -0.3 is 25.2 Å². The number of ether oxygens (including phenoxy) is 1. The molecule has 3 amide bonds. The highest BCUT2D eigenvalue weighted by Crippen LogP contribution is 2.31. The molecule has 0 spiro atoms. The lowest BCUT2D eigenvalue weighted by atomic mass is 10.0. The van der Waals surface area contributed by atoms with Gasteiger partial charge in [0.15, 0.2) is 11.6 Å². The van der Waals surface area contributed by atoms with Gasteiger partial charge in [-0.25, -0.2) is 9.18 Å². The number of nitrogens with one attached hydrogen (secondary N) is 2. The second kappa shape index (κ2) is 11.8. The van der Waals surface area contributed by atoms with Crippen molar-refractivity contribution in [3.8, 4) is 11.8 Å². The van der Waals surface area contributed by atoms with Crippen LogP contribution in [0.25, 0.3) is 0 Å². The summed E-state index contributed by atoms with van der Waals surface area (Å²) in [5.74, 6) is -2.24. The maximum absolute atomic E-state index is 14.9. The predicted octanol–water partition coefficient (Wildman–Crippen LogP) is 5.13. The fraction of sp³-hybridized carbons (Fsp3) is 0.250. The number of rotatable bonds is 4. The maximum atomic E-state index is 14.9. The molecule has 1 heterocycles. The number of benzene rings is 3. The van der Waals surface area contributed by atoms with E-state index in [1.54, 1.807) is 43.4 Å². The molecule has 11 heteroatoms. The molecule has 3 aromatic rings. The number of anilines is 2. The first-order valence-corrected chi connectivity index (χ1v) is 12.0. The number of likely N-dealkylation sites (N-methyl/N-ethyl adjacent to an activating group) is 2. The van der Waals surface area contributed by atoms with Crippen LogP contribution >= 0.6 is 0 Å². The molecule has 0 radical (unpaired) electrons. The zero-order valence-electron chi connectivity index (χ0n) is 21.2. The van der Waals surface area contributed by atoms with Gasteiger partial charge in [-0.2, -0.15) is 14.0 Å². The van der Waals surface area contributed by atoms with Crippen LogP contribution < -0.4 is 15.4 Å². The molecule has 4 rings (SSSR count). The van der Waals surface area contributed by atoms with Crippen molar-refractivity contribution in [2.75, 3.05) is 31.3 Å². The lowest BCUT2D eigenvalue weighted by Crippen LogP contribution is -2.35. The summed E-state index contributed by atoms with van der Waals surface area (Å²) in [6, 6.07) is 16.7. The minimum absolute atomic E-state index is 0.0320. The van der Waals surface area contributed by atoms with E-state index in [1.807, 2.05) is 18.2 Å². The molecule has 0 saturated carbocycles. The average molecular weight is 538 g/mol. The van der Waals surface area contributed by atoms with E-state index < -0.39 is 36.2 Å². The van der Waals surface area contributed by atoms with E-state index in [1.165, 1.54) is 22.9 Å². The van der Waals surface area contributed by atoms with Crippen LogP contribution in [0.4, 0.5) is 29.3 Å². The number of nitriles is 1. The smallest absolute Gasteiger partial charge is 0.387 e.